The van der Waals surface area contributed by atoms with Crippen LogP contribution in [0.25, 0.3) is 0 Å². The molecule has 27 heavy (non-hydrogen) atoms. The first-order valence-corrected chi connectivity index (χ1v) is 11.7. The fraction of sp³-hybridized carbons (Fsp3) is 0.958. The maximum absolute atomic E-state index is 11.0. The number of carboxylic acids is 1. The van der Waals surface area contributed by atoms with Crippen LogP contribution in [0.3, 0.4) is 0 Å². The van der Waals surface area contributed by atoms with Crippen molar-refractivity contribution < 1.29 is 15.0 Å². The van der Waals surface area contributed by atoms with Crippen molar-refractivity contribution in [3.05, 3.63) is 0 Å². The number of hydrogen-bond donors (Lipinski definition) is 2. The zero-order chi connectivity index (χ0) is 19.4. The Morgan fingerprint density at radius 1 is 1.00 bits per heavy atom. The van der Waals surface area contributed by atoms with E-state index in [1.165, 1.54) is 44.9 Å². The number of carbonyl (C=O) groups is 1. The number of rotatable bonds is 4. The van der Waals surface area contributed by atoms with Gasteiger partial charge in [-0.15, -0.1) is 0 Å². The molecule has 4 rings (SSSR count). The van der Waals surface area contributed by atoms with Gasteiger partial charge in [0.25, 0.3) is 0 Å². The quantitative estimate of drug-likeness (QED) is 0.680. The van der Waals surface area contributed by atoms with Crippen LogP contribution in [0, 0.1) is 46.3 Å². The lowest BCUT2D eigenvalue weighted by atomic mass is 9.44. The minimum absolute atomic E-state index is 0.0561. The fourth-order valence-corrected chi connectivity index (χ4v) is 8.76. The Bertz CT molecular complexity index is 574. The molecule has 4 saturated carbocycles. The Morgan fingerprint density at radius 2 is 1.70 bits per heavy atom. The van der Waals surface area contributed by atoms with Crippen LogP contribution in [0.2, 0.25) is 0 Å². The van der Waals surface area contributed by atoms with E-state index in [0.29, 0.717) is 29.1 Å². The Labute approximate surface area is 165 Å². The van der Waals surface area contributed by atoms with Crippen LogP contribution in [0.1, 0.15) is 91.4 Å². The highest BCUT2D eigenvalue weighted by molar-refractivity contribution is 5.66. The number of fused-ring (bicyclic) bond motifs is 5. The second kappa shape index (κ2) is 7.04. The van der Waals surface area contributed by atoms with Gasteiger partial charge in [-0.2, -0.15) is 0 Å². The van der Waals surface area contributed by atoms with Gasteiger partial charge in [0.2, 0.25) is 0 Å². The average Bonchev–Trinajstić information content (AvgIpc) is 2.97. The zero-order valence-corrected chi connectivity index (χ0v) is 17.6. The molecule has 0 bridgehead atoms. The topological polar surface area (TPSA) is 57.5 Å². The molecule has 3 heteroatoms. The molecule has 0 aromatic carbocycles. The molecule has 3 nitrogen and oxygen atoms in total. The molecule has 2 N–H and O–H groups in total. The van der Waals surface area contributed by atoms with Crippen molar-refractivity contribution in [1.29, 1.82) is 0 Å². The van der Waals surface area contributed by atoms with Crippen molar-refractivity contribution >= 4 is 5.97 Å². The predicted molar refractivity (Wildman–Crippen MR) is 107 cm³/mol. The first-order chi connectivity index (χ1) is 12.8. The van der Waals surface area contributed by atoms with Crippen molar-refractivity contribution in [2.45, 2.75) is 97.5 Å². The van der Waals surface area contributed by atoms with Gasteiger partial charge in [0.15, 0.2) is 0 Å². The maximum atomic E-state index is 11.0. The number of aliphatic hydroxyl groups excluding tert-OH is 1. The molecule has 0 heterocycles. The number of carboxylic acid groups (broad SMARTS) is 1. The molecule has 0 aliphatic heterocycles. The number of hydrogen-bond acceptors (Lipinski definition) is 2. The van der Waals surface area contributed by atoms with E-state index >= 15 is 0 Å². The van der Waals surface area contributed by atoms with Gasteiger partial charge in [-0.25, -0.2) is 0 Å². The van der Waals surface area contributed by atoms with Gasteiger partial charge in [-0.1, -0.05) is 20.8 Å². The minimum Gasteiger partial charge on any atom is -0.481 e. The van der Waals surface area contributed by atoms with Crippen molar-refractivity contribution in [2.24, 2.45) is 46.3 Å². The molecule has 154 valence electrons. The molecule has 0 aromatic rings. The largest absolute Gasteiger partial charge is 0.481 e. The fourth-order valence-electron chi connectivity index (χ4n) is 8.76. The van der Waals surface area contributed by atoms with E-state index in [0.717, 1.165) is 42.9 Å². The molecule has 0 unspecified atom stereocenters. The average molecular weight is 377 g/mol. The Morgan fingerprint density at radius 3 is 2.44 bits per heavy atom. The second-order valence-electron chi connectivity index (χ2n) is 11.2. The van der Waals surface area contributed by atoms with Crippen molar-refractivity contribution in [3.63, 3.8) is 0 Å². The van der Waals surface area contributed by atoms with Crippen molar-refractivity contribution in [3.8, 4) is 0 Å². The SMILES string of the molecule is C[C@H](CCC(=O)O)[C@@H]1CC[C@@H]2[C@H]3CC[C@H]4C[C@@H](O)CC[C@]4(C)[C@@H]3CC[C@@]21C. The first-order valence-electron chi connectivity index (χ1n) is 11.7. The van der Waals surface area contributed by atoms with Gasteiger partial charge in [0.05, 0.1) is 6.10 Å². The third-order valence-corrected chi connectivity index (χ3v) is 10.2. The Balaban J connectivity index is 1.51. The molecule has 9 atom stereocenters. The highest BCUT2D eigenvalue weighted by Crippen LogP contribution is 2.68. The molecular formula is C24H40O3. The summed E-state index contributed by atoms with van der Waals surface area (Å²) in [5, 5.41) is 19.3. The highest BCUT2D eigenvalue weighted by atomic mass is 16.4. The molecule has 4 aliphatic rings. The second-order valence-corrected chi connectivity index (χ2v) is 11.2. The summed E-state index contributed by atoms with van der Waals surface area (Å²) in [4.78, 5) is 11.0. The lowest BCUT2D eigenvalue weighted by Crippen LogP contribution is -2.54. The van der Waals surface area contributed by atoms with E-state index in [-0.39, 0.29) is 6.10 Å². The summed E-state index contributed by atoms with van der Waals surface area (Å²) in [6.07, 6.45) is 12.4. The molecule has 0 aromatic heterocycles. The Hall–Kier alpha value is -0.570. The van der Waals surface area contributed by atoms with E-state index in [4.69, 9.17) is 5.11 Å². The lowest BCUT2D eigenvalue weighted by Gasteiger charge is -2.61. The van der Waals surface area contributed by atoms with Gasteiger partial charge in [-0.05, 0) is 111 Å². The van der Waals surface area contributed by atoms with E-state index in [1.54, 1.807) is 0 Å². The van der Waals surface area contributed by atoms with Gasteiger partial charge in [0, 0.05) is 6.42 Å². The zero-order valence-electron chi connectivity index (χ0n) is 17.6. The predicted octanol–water partition coefficient (Wildman–Crippen LogP) is 5.51. The van der Waals surface area contributed by atoms with Gasteiger partial charge >= 0.3 is 5.97 Å². The Kier molecular flexibility index (Phi) is 5.15. The van der Waals surface area contributed by atoms with Gasteiger partial charge < -0.3 is 10.2 Å². The van der Waals surface area contributed by atoms with Crippen LogP contribution in [0.5, 0.6) is 0 Å². The van der Waals surface area contributed by atoms with Gasteiger partial charge in [0.1, 0.15) is 0 Å². The van der Waals surface area contributed by atoms with Crippen LogP contribution in [-0.2, 0) is 4.79 Å². The molecular weight excluding hydrogens is 336 g/mol. The standard InChI is InChI=1S/C24H40O3/c1-15(4-9-22(26)27)19-7-8-20-18-6-5-16-14-17(25)10-12-23(16,2)21(18)11-13-24(19,20)3/h15-21,25H,4-14H2,1-3H3,(H,26,27)/t15-,16+,17+,18-,19+,20-,21-,23+,24-/m1/s1. The monoisotopic (exact) mass is 376 g/mol. The summed E-state index contributed by atoms with van der Waals surface area (Å²) in [6.45, 7) is 7.43. The maximum Gasteiger partial charge on any atom is 0.303 e. The smallest absolute Gasteiger partial charge is 0.303 e. The molecule has 4 aliphatic carbocycles. The summed E-state index contributed by atoms with van der Waals surface area (Å²) >= 11 is 0. The summed E-state index contributed by atoms with van der Waals surface area (Å²) in [6, 6.07) is 0. The van der Waals surface area contributed by atoms with E-state index in [2.05, 4.69) is 20.8 Å². The van der Waals surface area contributed by atoms with E-state index < -0.39 is 5.97 Å². The molecule has 0 spiro atoms. The van der Waals surface area contributed by atoms with E-state index in [1.807, 2.05) is 0 Å². The number of aliphatic carboxylic acids is 1. The highest BCUT2D eigenvalue weighted by Gasteiger charge is 2.60. The summed E-state index contributed by atoms with van der Waals surface area (Å²) < 4.78 is 0. The van der Waals surface area contributed by atoms with Crippen LogP contribution in [0.4, 0.5) is 0 Å². The molecule has 0 amide bonds. The minimum atomic E-state index is -0.643. The lowest BCUT2D eigenvalue weighted by molar-refractivity contribution is -0.138. The van der Waals surface area contributed by atoms with Crippen LogP contribution in [0.15, 0.2) is 0 Å². The number of aliphatic hydroxyl groups is 1. The van der Waals surface area contributed by atoms with Crippen molar-refractivity contribution in [1.82, 2.24) is 0 Å². The summed E-state index contributed by atoms with van der Waals surface area (Å²) in [5.41, 5.74) is 0.882. The van der Waals surface area contributed by atoms with Crippen molar-refractivity contribution in [2.75, 3.05) is 0 Å². The normalized spacial score (nSPS) is 50.4. The third-order valence-electron chi connectivity index (χ3n) is 10.2. The summed E-state index contributed by atoms with van der Waals surface area (Å²) in [7, 11) is 0. The van der Waals surface area contributed by atoms with Crippen LogP contribution < -0.4 is 0 Å². The summed E-state index contributed by atoms with van der Waals surface area (Å²) in [5.74, 6) is 3.91. The first kappa shape index (κ1) is 19.7. The molecule has 0 radical (unpaired) electrons. The van der Waals surface area contributed by atoms with Gasteiger partial charge in [-0.3, -0.25) is 4.79 Å². The van der Waals surface area contributed by atoms with Crippen LogP contribution >= 0.6 is 0 Å². The third kappa shape index (κ3) is 3.16. The van der Waals surface area contributed by atoms with E-state index in [9.17, 15) is 9.90 Å². The molecule has 0 saturated heterocycles. The van der Waals surface area contributed by atoms with Crippen LogP contribution in [-0.4, -0.2) is 22.3 Å². The molecule has 4 fully saturated rings.